The molecule has 0 aliphatic heterocycles. The van der Waals surface area contributed by atoms with Gasteiger partial charge in [0.1, 0.15) is 0 Å². The van der Waals surface area contributed by atoms with Crippen molar-refractivity contribution in [2.75, 3.05) is 5.88 Å². The molecule has 1 nitrogen and oxygen atoms in total. The first-order chi connectivity index (χ1) is 5.24. The van der Waals surface area contributed by atoms with Gasteiger partial charge in [-0.15, -0.1) is 22.9 Å². The number of hydrogen-bond acceptors (Lipinski definition) is 2. The Balaban J connectivity index is 2.60. The van der Waals surface area contributed by atoms with Crippen molar-refractivity contribution >= 4 is 34.5 Å². The van der Waals surface area contributed by atoms with Crippen LogP contribution in [-0.2, 0) is 0 Å². The van der Waals surface area contributed by atoms with E-state index in [-0.39, 0.29) is 0 Å². The maximum Gasteiger partial charge on any atom is 0.0932 e. The Hall–Kier alpha value is 0.240. The van der Waals surface area contributed by atoms with Gasteiger partial charge in [-0.3, -0.25) is 0 Å². The van der Waals surface area contributed by atoms with Crippen LogP contribution in [-0.4, -0.2) is 11.0 Å². The zero-order chi connectivity index (χ0) is 8.27. The highest BCUT2D eigenvalue weighted by atomic mass is 35.5. The first-order valence-electron chi connectivity index (χ1n) is 3.23. The molecule has 0 spiro atoms. The highest BCUT2D eigenvalue weighted by Gasteiger charge is 2.08. The molecule has 1 aromatic rings. The minimum Gasteiger partial charge on any atom is -0.388 e. The third-order valence-corrected chi connectivity index (χ3v) is 2.86. The van der Waals surface area contributed by atoms with E-state index in [1.807, 2.05) is 6.07 Å². The normalized spacial score (nSPS) is 13.4. The van der Waals surface area contributed by atoms with Gasteiger partial charge in [0.2, 0.25) is 0 Å². The number of rotatable bonds is 3. The summed E-state index contributed by atoms with van der Waals surface area (Å²) in [6, 6.07) is 3.60. The maximum atomic E-state index is 9.40. The van der Waals surface area contributed by atoms with E-state index in [9.17, 15) is 5.11 Å². The van der Waals surface area contributed by atoms with E-state index in [2.05, 4.69) is 0 Å². The van der Waals surface area contributed by atoms with Gasteiger partial charge in [0, 0.05) is 10.8 Å². The first kappa shape index (κ1) is 9.33. The molecule has 1 aromatic heterocycles. The second kappa shape index (κ2) is 4.31. The molecule has 11 heavy (non-hydrogen) atoms. The minimum atomic E-state index is -0.454. The third kappa shape index (κ3) is 2.64. The van der Waals surface area contributed by atoms with Crippen LogP contribution < -0.4 is 0 Å². The Bertz CT molecular complexity index is 224. The molecule has 1 heterocycles. The van der Waals surface area contributed by atoms with Crippen LogP contribution in [0.25, 0.3) is 0 Å². The first-order valence-corrected chi connectivity index (χ1v) is 4.96. The van der Waals surface area contributed by atoms with E-state index in [0.717, 1.165) is 4.88 Å². The van der Waals surface area contributed by atoms with Gasteiger partial charge in [-0.1, -0.05) is 11.6 Å². The van der Waals surface area contributed by atoms with E-state index in [1.54, 1.807) is 6.07 Å². The predicted octanol–water partition coefficient (Wildman–Crippen LogP) is 3.06. The van der Waals surface area contributed by atoms with Gasteiger partial charge >= 0.3 is 0 Å². The summed E-state index contributed by atoms with van der Waals surface area (Å²) in [7, 11) is 0. The van der Waals surface area contributed by atoms with Gasteiger partial charge in [-0.2, -0.15) is 0 Å². The van der Waals surface area contributed by atoms with E-state index in [4.69, 9.17) is 23.2 Å². The lowest BCUT2D eigenvalue weighted by molar-refractivity contribution is 0.178. The summed E-state index contributed by atoms with van der Waals surface area (Å²) in [5.41, 5.74) is 0. The van der Waals surface area contributed by atoms with Gasteiger partial charge in [-0.25, -0.2) is 0 Å². The molecular formula is C7H8Cl2OS. The van der Waals surface area contributed by atoms with Gasteiger partial charge in [0.25, 0.3) is 0 Å². The second-order valence-electron chi connectivity index (χ2n) is 2.14. The molecule has 0 bridgehead atoms. The minimum absolute atomic E-state index is 0.454. The quantitative estimate of drug-likeness (QED) is 0.761. The largest absolute Gasteiger partial charge is 0.388 e. The van der Waals surface area contributed by atoms with Crippen molar-refractivity contribution in [1.29, 1.82) is 0 Å². The summed E-state index contributed by atoms with van der Waals surface area (Å²) in [5, 5.41) is 9.40. The summed E-state index contributed by atoms with van der Waals surface area (Å²) in [6.45, 7) is 0. The second-order valence-corrected chi connectivity index (χ2v) is 4.26. The summed E-state index contributed by atoms with van der Waals surface area (Å²) in [6.07, 6.45) is 0.128. The zero-order valence-electron chi connectivity index (χ0n) is 5.76. The van der Waals surface area contributed by atoms with Crippen LogP contribution in [0.5, 0.6) is 0 Å². The molecule has 0 aliphatic rings. The highest BCUT2D eigenvalue weighted by molar-refractivity contribution is 7.16. The monoisotopic (exact) mass is 210 g/mol. The van der Waals surface area contributed by atoms with Crippen LogP contribution in [0.1, 0.15) is 17.4 Å². The number of aliphatic hydroxyl groups is 1. The van der Waals surface area contributed by atoms with E-state index >= 15 is 0 Å². The standard InChI is InChI=1S/C7H8Cl2OS/c8-4-3-5(10)6-1-2-7(9)11-6/h1-2,5,10H,3-4H2/t5-/m1/s1. The smallest absolute Gasteiger partial charge is 0.0932 e. The summed E-state index contributed by atoms with van der Waals surface area (Å²) < 4.78 is 0.702. The molecule has 0 saturated carbocycles. The number of aliphatic hydroxyl groups excluding tert-OH is 1. The predicted molar refractivity (Wildman–Crippen MR) is 49.6 cm³/mol. The van der Waals surface area contributed by atoms with Crippen LogP contribution in [0.15, 0.2) is 12.1 Å². The van der Waals surface area contributed by atoms with Crippen molar-refractivity contribution in [1.82, 2.24) is 0 Å². The third-order valence-electron chi connectivity index (χ3n) is 1.30. The molecule has 4 heteroatoms. The van der Waals surface area contributed by atoms with Crippen molar-refractivity contribution in [3.8, 4) is 0 Å². The Morgan fingerprint density at radius 3 is 2.73 bits per heavy atom. The molecule has 0 fully saturated rings. The molecule has 0 radical (unpaired) electrons. The van der Waals surface area contributed by atoms with Crippen LogP contribution in [0.3, 0.4) is 0 Å². The van der Waals surface area contributed by atoms with Gasteiger partial charge < -0.3 is 5.11 Å². The number of thiophene rings is 1. The Morgan fingerprint density at radius 1 is 1.55 bits per heavy atom. The molecule has 1 rings (SSSR count). The fraction of sp³-hybridized carbons (Fsp3) is 0.429. The lowest BCUT2D eigenvalue weighted by Crippen LogP contribution is -1.93. The van der Waals surface area contributed by atoms with Crippen molar-refractivity contribution in [2.45, 2.75) is 12.5 Å². The lowest BCUT2D eigenvalue weighted by atomic mass is 10.2. The molecule has 1 N–H and O–H groups in total. The molecule has 0 amide bonds. The van der Waals surface area contributed by atoms with E-state index < -0.39 is 6.10 Å². The average Bonchev–Trinajstić information content (AvgIpc) is 2.36. The van der Waals surface area contributed by atoms with Gasteiger partial charge in [-0.05, 0) is 18.6 Å². The Kier molecular flexibility index (Phi) is 3.66. The van der Waals surface area contributed by atoms with Crippen LogP contribution in [0.2, 0.25) is 4.34 Å². The SMILES string of the molecule is O[C@H](CCCl)c1ccc(Cl)s1. The van der Waals surface area contributed by atoms with Crippen LogP contribution >= 0.6 is 34.5 Å². The topological polar surface area (TPSA) is 20.2 Å². The summed E-state index contributed by atoms with van der Waals surface area (Å²) >= 11 is 12.5. The molecule has 0 aromatic carbocycles. The van der Waals surface area contributed by atoms with Gasteiger partial charge in [0.15, 0.2) is 0 Å². The molecule has 0 unspecified atom stereocenters. The number of hydrogen-bond donors (Lipinski definition) is 1. The van der Waals surface area contributed by atoms with Crippen LogP contribution in [0.4, 0.5) is 0 Å². The Morgan fingerprint density at radius 2 is 2.27 bits per heavy atom. The molecule has 0 aliphatic carbocycles. The van der Waals surface area contributed by atoms with Crippen molar-refractivity contribution in [3.05, 3.63) is 21.3 Å². The Labute approximate surface area is 79.6 Å². The molecule has 1 atom stereocenters. The van der Waals surface area contributed by atoms with Crippen molar-refractivity contribution in [2.24, 2.45) is 0 Å². The zero-order valence-corrected chi connectivity index (χ0v) is 8.09. The molecule has 0 saturated heterocycles. The van der Waals surface area contributed by atoms with Gasteiger partial charge in [0.05, 0.1) is 10.4 Å². The fourth-order valence-electron chi connectivity index (χ4n) is 0.753. The van der Waals surface area contributed by atoms with E-state index in [0.29, 0.717) is 16.6 Å². The van der Waals surface area contributed by atoms with Crippen molar-refractivity contribution in [3.63, 3.8) is 0 Å². The number of alkyl halides is 1. The average molecular weight is 211 g/mol. The number of halogens is 2. The lowest BCUT2D eigenvalue weighted by Gasteiger charge is -2.03. The van der Waals surface area contributed by atoms with Crippen molar-refractivity contribution < 1.29 is 5.11 Å². The van der Waals surface area contributed by atoms with E-state index in [1.165, 1.54) is 11.3 Å². The molecule has 62 valence electrons. The van der Waals surface area contributed by atoms with Crippen LogP contribution in [0, 0.1) is 0 Å². The summed E-state index contributed by atoms with van der Waals surface area (Å²) in [5.74, 6) is 0.469. The highest BCUT2D eigenvalue weighted by Crippen LogP contribution is 2.28. The molecular weight excluding hydrogens is 203 g/mol. The summed E-state index contributed by atoms with van der Waals surface area (Å²) in [4.78, 5) is 0.885. The fourth-order valence-corrected chi connectivity index (χ4v) is 2.04. The maximum absolute atomic E-state index is 9.40.